The van der Waals surface area contributed by atoms with Gasteiger partial charge < -0.3 is 4.74 Å². The highest BCUT2D eigenvalue weighted by Crippen LogP contribution is 2.22. The van der Waals surface area contributed by atoms with Crippen molar-refractivity contribution in [3.63, 3.8) is 0 Å². The summed E-state index contributed by atoms with van der Waals surface area (Å²) in [5, 5.41) is 0. The van der Waals surface area contributed by atoms with Crippen molar-refractivity contribution in [2.24, 2.45) is 5.92 Å². The summed E-state index contributed by atoms with van der Waals surface area (Å²) in [6, 6.07) is 5.96. The van der Waals surface area contributed by atoms with E-state index >= 15 is 0 Å². The molecule has 0 aliphatic heterocycles. The predicted octanol–water partition coefficient (Wildman–Crippen LogP) is 4.64. The Labute approximate surface area is 113 Å². The van der Waals surface area contributed by atoms with Gasteiger partial charge in [0.2, 0.25) is 0 Å². The number of hydrogen-bond acceptors (Lipinski definition) is 1. The van der Waals surface area contributed by atoms with Gasteiger partial charge in [0.25, 0.3) is 0 Å². The summed E-state index contributed by atoms with van der Waals surface area (Å²) in [7, 11) is 0. The Bertz CT molecular complexity index is 413. The molecule has 1 aromatic carbocycles. The van der Waals surface area contributed by atoms with Gasteiger partial charge in [-0.3, -0.25) is 0 Å². The first-order chi connectivity index (χ1) is 8.13. The van der Waals surface area contributed by atoms with Crippen LogP contribution in [0, 0.1) is 17.8 Å². The molecule has 0 radical (unpaired) electrons. The van der Waals surface area contributed by atoms with Crippen molar-refractivity contribution in [1.29, 1.82) is 0 Å². The third-order valence-corrected chi connectivity index (χ3v) is 2.89. The molecule has 92 valence electrons. The lowest BCUT2D eigenvalue weighted by Crippen LogP contribution is -1.96. The van der Waals surface area contributed by atoms with Gasteiger partial charge in [-0.2, -0.15) is 0 Å². The van der Waals surface area contributed by atoms with Gasteiger partial charge in [0.1, 0.15) is 5.75 Å². The fourth-order valence-corrected chi connectivity index (χ4v) is 1.59. The Morgan fingerprint density at radius 2 is 2.12 bits per heavy atom. The first kappa shape index (κ1) is 14.1. The second-order valence-electron chi connectivity index (χ2n) is 4.27. The lowest BCUT2D eigenvalue weighted by molar-refractivity contribution is 0.309. The second kappa shape index (κ2) is 7.40. The second-order valence-corrected chi connectivity index (χ2v) is 5.12. The molecule has 0 saturated heterocycles. The molecule has 0 unspecified atom stereocenters. The highest BCUT2D eigenvalue weighted by molar-refractivity contribution is 9.10. The quantitative estimate of drug-likeness (QED) is 0.581. The fraction of sp³-hybridized carbons (Fsp3) is 0.467. The van der Waals surface area contributed by atoms with Crippen LogP contribution in [0.15, 0.2) is 22.7 Å². The summed E-state index contributed by atoms with van der Waals surface area (Å²) in [4.78, 5) is 0. The third-order valence-electron chi connectivity index (χ3n) is 2.20. The van der Waals surface area contributed by atoms with Crippen LogP contribution >= 0.6 is 15.9 Å². The van der Waals surface area contributed by atoms with E-state index in [1.165, 1.54) is 0 Å². The van der Waals surface area contributed by atoms with Crippen LogP contribution in [-0.2, 0) is 0 Å². The van der Waals surface area contributed by atoms with E-state index in [1.54, 1.807) is 0 Å². The molecule has 0 fully saturated rings. The van der Waals surface area contributed by atoms with Gasteiger partial charge in [-0.1, -0.05) is 39.0 Å². The predicted molar refractivity (Wildman–Crippen MR) is 76.3 cm³/mol. The van der Waals surface area contributed by atoms with Crippen LogP contribution in [0.4, 0.5) is 0 Å². The van der Waals surface area contributed by atoms with Gasteiger partial charge >= 0.3 is 0 Å². The Morgan fingerprint density at radius 1 is 1.35 bits per heavy atom. The highest BCUT2D eigenvalue weighted by Gasteiger charge is 2.00. The average molecular weight is 295 g/mol. The number of unbranched alkanes of at least 4 members (excludes halogenated alkanes) is 1. The molecule has 1 nitrogen and oxygen atoms in total. The van der Waals surface area contributed by atoms with Crippen LogP contribution in [0.5, 0.6) is 5.75 Å². The van der Waals surface area contributed by atoms with E-state index in [4.69, 9.17) is 4.74 Å². The van der Waals surface area contributed by atoms with Gasteiger partial charge in [0.15, 0.2) is 0 Å². The Balaban J connectivity index is 2.77. The SMILES string of the molecule is CCCCOc1ccc(Br)c(C#CC(C)C)c1. The molecule has 0 saturated carbocycles. The smallest absolute Gasteiger partial charge is 0.120 e. The minimum atomic E-state index is 0.381. The molecule has 0 aromatic heterocycles. The molecule has 0 N–H and O–H groups in total. The Kier molecular flexibility index (Phi) is 6.15. The van der Waals surface area contributed by atoms with Crippen LogP contribution in [0.2, 0.25) is 0 Å². The molecule has 17 heavy (non-hydrogen) atoms. The fourth-order valence-electron chi connectivity index (χ4n) is 1.25. The molecular formula is C15H19BrO. The van der Waals surface area contributed by atoms with Crippen molar-refractivity contribution >= 4 is 15.9 Å². The van der Waals surface area contributed by atoms with Gasteiger partial charge in [-0.25, -0.2) is 0 Å². The maximum atomic E-state index is 5.66. The van der Waals surface area contributed by atoms with Gasteiger partial charge in [0, 0.05) is 16.0 Å². The lowest BCUT2D eigenvalue weighted by atomic mass is 10.1. The number of rotatable bonds is 4. The van der Waals surface area contributed by atoms with Crippen molar-refractivity contribution in [3.05, 3.63) is 28.2 Å². The van der Waals surface area contributed by atoms with E-state index in [9.17, 15) is 0 Å². The number of ether oxygens (including phenoxy) is 1. The van der Waals surface area contributed by atoms with Crippen LogP contribution in [0.1, 0.15) is 39.2 Å². The molecule has 0 aliphatic rings. The largest absolute Gasteiger partial charge is 0.494 e. The topological polar surface area (TPSA) is 9.23 Å². The normalized spacial score (nSPS) is 9.94. The minimum Gasteiger partial charge on any atom is -0.494 e. The maximum Gasteiger partial charge on any atom is 0.120 e. The van der Waals surface area contributed by atoms with Crippen molar-refractivity contribution in [2.75, 3.05) is 6.61 Å². The summed E-state index contributed by atoms with van der Waals surface area (Å²) in [5.41, 5.74) is 0.993. The summed E-state index contributed by atoms with van der Waals surface area (Å²) in [6.45, 7) is 7.10. The van der Waals surface area contributed by atoms with E-state index in [0.717, 1.165) is 35.2 Å². The number of hydrogen-bond donors (Lipinski definition) is 0. The zero-order valence-electron chi connectivity index (χ0n) is 10.7. The number of benzene rings is 1. The molecular weight excluding hydrogens is 276 g/mol. The molecule has 2 heteroatoms. The molecule has 0 spiro atoms. The zero-order chi connectivity index (χ0) is 12.7. The maximum absolute atomic E-state index is 5.66. The lowest BCUT2D eigenvalue weighted by Gasteiger charge is -2.06. The van der Waals surface area contributed by atoms with Crippen molar-refractivity contribution < 1.29 is 4.74 Å². The monoisotopic (exact) mass is 294 g/mol. The first-order valence-electron chi connectivity index (χ1n) is 6.07. The summed E-state index contributed by atoms with van der Waals surface area (Å²) in [6.07, 6.45) is 2.24. The molecule has 1 rings (SSSR count). The van der Waals surface area contributed by atoms with Gasteiger partial charge in [-0.15, -0.1) is 0 Å². The average Bonchev–Trinajstić information content (AvgIpc) is 2.29. The van der Waals surface area contributed by atoms with E-state index in [1.807, 2.05) is 18.2 Å². The van der Waals surface area contributed by atoms with Crippen molar-refractivity contribution in [1.82, 2.24) is 0 Å². The third kappa shape index (κ3) is 5.28. The van der Waals surface area contributed by atoms with E-state index in [-0.39, 0.29) is 0 Å². The molecule has 0 bridgehead atoms. The standard InChI is InChI=1S/C15H19BrO/c1-4-5-10-17-14-8-9-15(16)13(11-14)7-6-12(2)3/h8-9,11-12H,4-5,10H2,1-3H3. The van der Waals surface area contributed by atoms with E-state index in [2.05, 4.69) is 48.5 Å². The first-order valence-corrected chi connectivity index (χ1v) is 6.86. The highest BCUT2D eigenvalue weighted by atomic mass is 79.9. The van der Waals surface area contributed by atoms with Crippen LogP contribution in [0.25, 0.3) is 0 Å². The van der Waals surface area contributed by atoms with Gasteiger partial charge in [0.05, 0.1) is 6.61 Å². The zero-order valence-corrected chi connectivity index (χ0v) is 12.3. The van der Waals surface area contributed by atoms with Crippen LogP contribution < -0.4 is 4.74 Å². The Hall–Kier alpha value is -0.940. The minimum absolute atomic E-state index is 0.381. The van der Waals surface area contributed by atoms with E-state index < -0.39 is 0 Å². The molecule has 0 atom stereocenters. The molecule has 0 heterocycles. The van der Waals surface area contributed by atoms with Gasteiger partial charge in [-0.05, 0) is 40.5 Å². The van der Waals surface area contributed by atoms with Crippen LogP contribution in [0.3, 0.4) is 0 Å². The molecule has 0 aliphatic carbocycles. The van der Waals surface area contributed by atoms with Crippen molar-refractivity contribution in [3.8, 4) is 17.6 Å². The molecule has 0 amide bonds. The molecule has 1 aromatic rings. The van der Waals surface area contributed by atoms with E-state index in [0.29, 0.717) is 5.92 Å². The summed E-state index contributed by atoms with van der Waals surface area (Å²) < 4.78 is 6.68. The van der Waals surface area contributed by atoms with Crippen molar-refractivity contribution in [2.45, 2.75) is 33.6 Å². The Morgan fingerprint density at radius 3 is 2.76 bits per heavy atom. The van der Waals surface area contributed by atoms with Crippen LogP contribution in [-0.4, -0.2) is 6.61 Å². The number of halogens is 1. The summed E-state index contributed by atoms with van der Waals surface area (Å²) >= 11 is 3.50. The summed E-state index contributed by atoms with van der Waals surface area (Å²) in [5.74, 6) is 7.61.